The Bertz CT molecular complexity index is 519. The molecule has 0 amide bonds. The second kappa shape index (κ2) is 4.36. The predicted octanol–water partition coefficient (Wildman–Crippen LogP) is 4.97. The van der Waals surface area contributed by atoms with Gasteiger partial charge in [-0.3, -0.25) is 0 Å². The fourth-order valence-corrected chi connectivity index (χ4v) is 3.22. The van der Waals surface area contributed by atoms with E-state index in [0.717, 1.165) is 12.0 Å². The van der Waals surface area contributed by atoms with Crippen LogP contribution in [0.1, 0.15) is 12.0 Å². The average molecular weight is 263 g/mol. The predicted molar refractivity (Wildman–Crippen MR) is 73.9 cm³/mol. The molecule has 0 heterocycles. The van der Waals surface area contributed by atoms with E-state index in [-0.39, 0.29) is 0 Å². The van der Waals surface area contributed by atoms with Gasteiger partial charge in [-0.15, -0.1) is 0 Å². The number of hydrogen-bond acceptors (Lipinski definition) is 0. The average Bonchev–Trinajstić information content (AvgIpc) is 2.90. The monoisotopic (exact) mass is 262 g/mol. The van der Waals surface area contributed by atoms with Gasteiger partial charge in [0.25, 0.3) is 0 Å². The van der Waals surface area contributed by atoms with Crippen LogP contribution in [-0.4, -0.2) is 0 Å². The molecule has 2 heteroatoms. The zero-order valence-electron chi connectivity index (χ0n) is 9.24. The van der Waals surface area contributed by atoms with Crippen molar-refractivity contribution in [3.05, 3.63) is 63.7 Å². The third kappa shape index (κ3) is 1.96. The standard InChI is InChI=1S/C15H12Cl2/c16-15(17)14-12-7-6-11(9-12)13(14)8-10-4-2-1-3-5-10/h1-8,11-12H,9H2/b13-8+/t11-,12+/m0/s1. The van der Waals surface area contributed by atoms with E-state index in [4.69, 9.17) is 23.2 Å². The molecule has 0 radical (unpaired) electrons. The van der Waals surface area contributed by atoms with Gasteiger partial charge >= 0.3 is 0 Å². The highest BCUT2D eigenvalue weighted by Crippen LogP contribution is 2.50. The van der Waals surface area contributed by atoms with E-state index in [1.807, 2.05) is 18.2 Å². The summed E-state index contributed by atoms with van der Waals surface area (Å²) in [7, 11) is 0. The molecule has 1 aromatic rings. The Labute approximate surface area is 111 Å². The molecule has 1 saturated carbocycles. The lowest BCUT2D eigenvalue weighted by Crippen LogP contribution is -1.98. The normalized spacial score (nSPS) is 28.1. The van der Waals surface area contributed by atoms with Gasteiger partial charge in [-0.1, -0.05) is 71.8 Å². The maximum absolute atomic E-state index is 6.01. The van der Waals surface area contributed by atoms with Crippen molar-refractivity contribution in [3.63, 3.8) is 0 Å². The summed E-state index contributed by atoms with van der Waals surface area (Å²) in [5.74, 6) is 0.905. The van der Waals surface area contributed by atoms with E-state index < -0.39 is 0 Å². The van der Waals surface area contributed by atoms with Crippen LogP contribution >= 0.6 is 23.2 Å². The van der Waals surface area contributed by atoms with Crippen LogP contribution in [0, 0.1) is 11.8 Å². The van der Waals surface area contributed by atoms with E-state index in [1.54, 1.807) is 0 Å². The number of allylic oxidation sites excluding steroid dienone is 4. The molecule has 17 heavy (non-hydrogen) atoms. The maximum Gasteiger partial charge on any atom is 0.110 e. The van der Waals surface area contributed by atoms with Gasteiger partial charge in [0.1, 0.15) is 4.49 Å². The molecule has 2 aliphatic carbocycles. The van der Waals surface area contributed by atoms with Crippen LogP contribution in [0.5, 0.6) is 0 Å². The van der Waals surface area contributed by atoms with Crippen LogP contribution in [0.25, 0.3) is 6.08 Å². The third-order valence-electron chi connectivity index (χ3n) is 3.49. The summed E-state index contributed by atoms with van der Waals surface area (Å²) < 4.78 is 0.420. The molecule has 0 saturated heterocycles. The lowest BCUT2D eigenvalue weighted by Gasteiger charge is -2.13. The van der Waals surface area contributed by atoms with E-state index in [2.05, 4.69) is 30.4 Å². The topological polar surface area (TPSA) is 0 Å². The van der Waals surface area contributed by atoms with Crippen LogP contribution in [0.3, 0.4) is 0 Å². The van der Waals surface area contributed by atoms with E-state index in [0.29, 0.717) is 16.3 Å². The van der Waals surface area contributed by atoms with E-state index in [9.17, 15) is 0 Å². The summed E-state index contributed by atoms with van der Waals surface area (Å²) >= 11 is 12.0. The minimum Gasteiger partial charge on any atom is -0.0803 e. The van der Waals surface area contributed by atoms with Crippen molar-refractivity contribution in [1.29, 1.82) is 0 Å². The molecule has 3 rings (SSSR count). The maximum atomic E-state index is 6.01. The molecule has 1 aromatic carbocycles. The molecule has 0 aromatic heterocycles. The van der Waals surface area contributed by atoms with Gasteiger partial charge in [0, 0.05) is 11.8 Å². The Hall–Kier alpha value is -0.980. The molecule has 0 nitrogen and oxygen atoms in total. The number of benzene rings is 1. The van der Waals surface area contributed by atoms with Gasteiger partial charge in [-0.2, -0.15) is 0 Å². The first kappa shape index (κ1) is 11.1. The SMILES string of the molecule is ClC(Cl)=C1/C(=C/c2ccccc2)[C@H]2C=C[C@@H]1C2. The summed E-state index contributed by atoms with van der Waals surface area (Å²) in [6, 6.07) is 10.3. The zero-order chi connectivity index (χ0) is 11.8. The van der Waals surface area contributed by atoms with E-state index in [1.165, 1.54) is 11.1 Å². The molecular formula is C15H12Cl2. The highest BCUT2D eigenvalue weighted by Gasteiger charge is 2.36. The van der Waals surface area contributed by atoms with Crippen molar-refractivity contribution < 1.29 is 0 Å². The number of halogens is 2. The summed E-state index contributed by atoms with van der Waals surface area (Å²) in [5.41, 5.74) is 3.60. The van der Waals surface area contributed by atoms with Crippen LogP contribution in [0.2, 0.25) is 0 Å². The quantitative estimate of drug-likeness (QED) is 0.628. The zero-order valence-corrected chi connectivity index (χ0v) is 10.7. The minimum absolute atomic E-state index is 0.417. The lowest BCUT2D eigenvalue weighted by atomic mass is 9.94. The molecule has 0 unspecified atom stereocenters. The minimum atomic E-state index is 0.417. The first-order chi connectivity index (χ1) is 8.25. The first-order valence-corrected chi connectivity index (χ1v) is 6.52. The van der Waals surface area contributed by atoms with Gasteiger partial charge in [-0.05, 0) is 23.1 Å². The molecule has 0 spiro atoms. The third-order valence-corrected chi connectivity index (χ3v) is 3.90. The van der Waals surface area contributed by atoms with Gasteiger partial charge in [0.15, 0.2) is 0 Å². The van der Waals surface area contributed by atoms with Crippen LogP contribution in [0.15, 0.2) is 58.1 Å². The van der Waals surface area contributed by atoms with Crippen molar-refractivity contribution in [2.45, 2.75) is 6.42 Å². The molecule has 86 valence electrons. The Kier molecular flexibility index (Phi) is 2.85. The second-order valence-electron chi connectivity index (χ2n) is 4.52. The van der Waals surface area contributed by atoms with Gasteiger partial charge < -0.3 is 0 Å². The number of rotatable bonds is 1. The van der Waals surface area contributed by atoms with Crippen molar-refractivity contribution in [1.82, 2.24) is 0 Å². The summed E-state index contributed by atoms with van der Waals surface area (Å²) in [6.45, 7) is 0. The lowest BCUT2D eigenvalue weighted by molar-refractivity contribution is 0.737. The van der Waals surface area contributed by atoms with E-state index >= 15 is 0 Å². The molecule has 1 fully saturated rings. The number of hydrogen-bond donors (Lipinski definition) is 0. The fourth-order valence-electron chi connectivity index (χ4n) is 2.72. The molecule has 2 aliphatic rings. The molecule has 2 atom stereocenters. The molecule has 2 bridgehead atoms. The Balaban J connectivity index is 2.06. The summed E-state index contributed by atoms with van der Waals surface area (Å²) in [6.07, 6.45) is 7.80. The second-order valence-corrected chi connectivity index (χ2v) is 5.47. The van der Waals surface area contributed by atoms with Gasteiger partial charge in [0.2, 0.25) is 0 Å². The van der Waals surface area contributed by atoms with Crippen molar-refractivity contribution in [2.24, 2.45) is 11.8 Å². The molecule has 0 N–H and O–H groups in total. The van der Waals surface area contributed by atoms with Gasteiger partial charge in [-0.25, -0.2) is 0 Å². The van der Waals surface area contributed by atoms with Gasteiger partial charge in [0.05, 0.1) is 0 Å². The van der Waals surface area contributed by atoms with Crippen molar-refractivity contribution in [2.75, 3.05) is 0 Å². The number of fused-ring (bicyclic) bond motifs is 2. The summed E-state index contributed by atoms with van der Waals surface area (Å²) in [4.78, 5) is 0. The summed E-state index contributed by atoms with van der Waals surface area (Å²) in [5, 5.41) is 0. The smallest absolute Gasteiger partial charge is 0.0803 e. The molecular weight excluding hydrogens is 251 g/mol. The largest absolute Gasteiger partial charge is 0.110 e. The highest BCUT2D eigenvalue weighted by molar-refractivity contribution is 6.56. The Morgan fingerprint density at radius 3 is 2.47 bits per heavy atom. The first-order valence-electron chi connectivity index (χ1n) is 5.76. The van der Waals surface area contributed by atoms with Crippen LogP contribution < -0.4 is 0 Å². The van der Waals surface area contributed by atoms with Crippen molar-refractivity contribution in [3.8, 4) is 0 Å². The van der Waals surface area contributed by atoms with Crippen molar-refractivity contribution >= 4 is 29.3 Å². The Morgan fingerprint density at radius 2 is 1.76 bits per heavy atom. The van der Waals surface area contributed by atoms with Crippen LogP contribution in [0.4, 0.5) is 0 Å². The highest BCUT2D eigenvalue weighted by atomic mass is 35.5. The molecule has 0 aliphatic heterocycles. The fraction of sp³-hybridized carbons (Fsp3) is 0.200. The Morgan fingerprint density at radius 1 is 1.06 bits per heavy atom. The van der Waals surface area contributed by atoms with Crippen LogP contribution in [-0.2, 0) is 0 Å².